The van der Waals surface area contributed by atoms with Crippen LogP contribution in [0.15, 0.2) is 11.3 Å². The summed E-state index contributed by atoms with van der Waals surface area (Å²) in [5.41, 5.74) is 0.991. The minimum absolute atomic E-state index is 0.0947. The molecule has 0 radical (unpaired) electrons. The molecule has 0 N–H and O–H groups in total. The maximum atomic E-state index is 11.9. The van der Waals surface area contributed by atoms with E-state index in [-0.39, 0.29) is 19.0 Å². The first-order valence-corrected chi connectivity index (χ1v) is 7.21. The van der Waals surface area contributed by atoms with Crippen molar-refractivity contribution >= 4 is 42.6 Å². The Morgan fingerprint density at radius 3 is 2.00 bits per heavy atom. The SMILES string of the molecule is CCOP(=O)(OCC)O/C(=C/Cl)C(C)(Cl)Cl. The Morgan fingerprint density at radius 2 is 1.75 bits per heavy atom. The van der Waals surface area contributed by atoms with E-state index in [4.69, 9.17) is 48.4 Å². The lowest BCUT2D eigenvalue weighted by Gasteiger charge is -2.23. The van der Waals surface area contributed by atoms with Crippen molar-refractivity contribution < 1.29 is 18.1 Å². The summed E-state index contributed by atoms with van der Waals surface area (Å²) in [6, 6.07) is 0. The molecular formula is C8H14Cl3O4P. The Hall–Kier alpha value is 0.560. The smallest absolute Gasteiger partial charge is 0.404 e. The van der Waals surface area contributed by atoms with E-state index in [1.54, 1.807) is 13.8 Å². The van der Waals surface area contributed by atoms with E-state index in [9.17, 15) is 4.57 Å². The molecule has 0 saturated carbocycles. The number of allylic oxidation sites excluding steroid dienone is 1. The zero-order chi connectivity index (χ0) is 12.8. The van der Waals surface area contributed by atoms with Crippen LogP contribution in [0.1, 0.15) is 20.8 Å². The molecule has 0 saturated heterocycles. The van der Waals surface area contributed by atoms with Crippen molar-refractivity contribution in [1.29, 1.82) is 0 Å². The molecule has 0 fully saturated rings. The van der Waals surface area contributed by atoms with Gasteiger partial charge in [0.2, 0.25) is 0 Å². The van der Waals surface area contributed by atoms with Crippen LogP contribution in [0, 0.1) is 0 Å². The Bertz CT molecular complexity index is 277. The third kappa shape index (κ3) is 5.76. The van der Waals surface area contributed by atoms with Crippen LogP contribution in [0.25, 0.3) is 0 Å². The lowest BCUT2D eigenvalue weighted by atomic mass is 10.4. The molecule has 8 heteroatoms. The van der Waals surface area contributed by atoms with Gasteiger partial charge in [-0.25, -0.2) is 4.57 Å². The van der Waals surface area contributed by atoms with E-state index in [0.29, 0.717) is 0 Å². The predicted octanol–water partition coefficient (Wildman–Crippen LogP) is 4.46. The number of hydrogen-bond acceptors (Lipinski definition) is 4. The molecule has 0 atom stereocenters. The zero-order valence-corrected chi connectivity index (χ0v) is 12.4. The number of phosphoric ester groups is 1. The molecule has 0 aromatic rings. The summed E-state index contributed by atoms with van der Waals surface area (Å²) in [6.07, 6.45) is 0. The third-order valence-electron chi connectivity index (χ3n) is 1.32. The lowest BCUT2D eigenvalue weighted by molar-refractivity contribution is 0.143. The fourth-order valence-corrected chi connectivity index (χ4v) is 2.74. The van der Waals surface area contributed by atoms with Crippen LogP contribution in [0.2, 0.25) is 0 Å². The number of halogens is 3. The fraction of sp³-hybridized carbons (Fsp3) is 0.750. The summed E-state index contributed by atoms with van der Waals surface area (Å²) in [4.78, 5) is 0. The average Bonchev–Trinajstić information content (AvgIpc) is 2.13. The van der Waals surface area contributed by atoms with Crippen molar-refractivity contribution in [2.24, 2.45) is 0 Å². The van der Waals surface area contributed by atoms with Crippen molar-refractivity contribution in [2.75, 3.05) is 13.2 Å². The second-order valence-corrected chi connectivity index (χ2v) is 6.25. The highest BCUT2D eigenvalue weighted by atomic mass is 35.5. The summed E-state index contributed by atoms with van der Waals surface area (Å²) in [6.45, 7) is 5.05. The Morgan fingerprint density at radius 1 is 1.31 bits per heavy atom. The van der Waals surface area contributed by atoms with Gasteiger partial charge >= 0.3 is 7.82 Å². The summed E-state index contributed by atoms with van der Waals surface area (Å²) in [5, 5.41) is 0. The van der Waals surface area contributed by atoms with Gasteiger partial charge in [0.15, 0.2) is 10.1 Å². The van der Waals surface area contributed by atoms with Crippen LogP contribution >= 0.6 is 42.6 Å². The lowest BCUT2D eigenvalue weighted by Crippen LogP contribution is -2.14. The molecule has 0 aromatic carbocycles. The van der Waals surface area contributed by atoms with Crippen molar-refractivity contribution in [1.82, 2.24) is 0 Å². The van der Waals surface area contributed by atoms with Crippen LogP contribution in [0.4, 0.5) is 0 Å². The van der Waals surface area contributed by atoms with Crippen LogP contribution in [-0.2, 0) is 18.1 Å². The van der Waals surface area contributed by atoms with E-state index in [0.717, 1.165) is 5.54 Å². The number of alkyl halides is 2. The standard InChI is InChI=1S/C8H14Cl3O4P/c1-4-13-16(12,14-5-2)15-7(6-9)8(3,10)11/h6H,4-5H2,1-3H3/b7-6+. The number of phosphoric acid groups is 1. The molecule has 16 heavy (non-hydrogen) atoms. The Balaban J connectivity index is 4.81. The van der Waals surface area contributed by atoms with E-state index in [1.807, 2.05) is 0 Å². The normalized spacial score (nSPS) is 14.0. The molecule has 0 aliphatic carbocycles. The zero-order valence-electron chi connectivity index (χ0n) is 9.21. The molecule has 0 bridgehead atoms. The third-order valence-corrected chi connectivity index (χ3v) is 3.46. The van der Waals surface area contributed by atoms with Gasteiger partial charge in [-0.1, -0.05) is 34.8 Å². The second-order valence-electron chi connectivity index (χ2n) is 2.74. The number of rotatable bonds is 7. The first-order valence-electron chi connectivity index (χ1n) is 4.56. The molecule has 0 unspecified atom stereocenters. The molecule has 4 nitrogen and oxygen atoms in total. The highest BCUT2D eigenvalue weighted by Crippen LogP contribution is 2.53. The van der Waals surface area contributed by atoms with Crippen molar-refractivity contribution in [3.63, 3.8) is 0 Å². The quantitative estimate of drug-likeness (QED) is 0.395. The summed E-state index contributed by atoms with van der Waals surface area (Å²) in [5.74, 6) is -0.0947. The molecule has 0 spiro atoms. The van der Waals surface area contributed by atoms with Gasteiger partial charge in [-0.2, -0.15) is 0 Å². The van der Waals surface area contributed by atoms with E-state index in [1.165, 1.54) is 6.92 Å². The predicted molar refractivity (Wildman–Crippen MR) is 66.0 cm³/mol. The van der Waals surface area contributed by atoms with Gasteiger partial charge in [-0.3, -0.25) is 9.05 Å². The Kier molecular flexibility index (Phi) is 7.34. The molecule has 0 aliphatic rings. The maximum absolute atomic E-state index is 11.9. The maximum Gasteiger partial charge on any atom is 0.529 e. The van der Waals surface area contributed by atoms with Crippen molar-refractivity contribution in [3.05, 3.63) is 11.3 Å². The van der Waals surface area contributed by atoms with Crippen molar-refractivity contribution in [3.8, 4) is 0 Å². The molecule has 0 aromatic heterocycles. The largest absolute Gasteiger partial charge is 0.529 e. The molecule has 0 rings (SSSR count). The topological polar surface area (TPSA) is 44.8 Å². The van der Waals surface area contributed by atoms with Gasteiger partial charge in [0.1, 0.15) is 0 Å². The van der Waals surface area contributed by atoms with Gasteiger partial charge in [0.05, 0.1) is 13.2 Å². The van der Waals surface area contributed by atoms with Crippen LogP contribution in [0.3, 0.4) is 0 Å². The van der Waals surface area contributed by atoms with Crippen LogP contribution in [-0.4, -0.2) is 17.5 Å². The van der Waals surface area contributed by atoms with Gasteiger partial charge in [-0.05, 0) is 20.8 Å². The van der Waals surface area contributed by atoms with Crippen LogP contribution in [0.5, 0.6) is 0 Å². The van der Waals surface area contributed by atoms with Crippen molar-refractivity contribution in [2.45, 2.75) is 25.1 Å². The monoisotopic (exact) mass is 310 g/mol. The van der Waals surface area contributed by atoms with Gasteiger partial charge in [0.25, 0.3) is 0 Å². The summed E-state index contributed by atoms with van der Waals surface area (Å²) < 4.78 is 25.3. The number of hydrogen-bond donors (Lipinski definition) is 0. The van der Waals surface area contributed by atoms with Crippen LogP contribution < -0.4 is 0 Å². The first kappa shape index (κ1) is 16.6. The second kappa shape index (κ2) is 7.10. The van der Waals surface area contributed by atoms with Gasteiger partial charge in [-0.15, -0.1) is 0 Å². The molecular weight excluding hydrogens is 297 g/mol. The van der Waals surface area contributed by atoms with Gasteiger partial charge < -0.3 is 4.52 Å². The first-order chi connectivity index (χ1) is 7.29. The molecule has 96 valence electrons. The average molecular weight is 312 g/mol. The highest BCUT2D eigenvalue weighted by Gasteiger charge is 2.35. The summed E-state index contributed by atoms with van der Waals surface area (Å²) >= 11 is 17.0. The summed E-state index contributed by atoms with van der Waals surface area (Å²) in [7, 11) is -3.71. The molecule has 0 heterocycles. The molecule has 0 amide bonds. The van der Waals surface area contributed by atoms with Gasteiger partial charge in [0, 0.05) is 5.54 Å². The van der Waals surface area contributed by atoms with E-state index < -0.39 is 12.2 Å². The fourth-order valence-electron chi connectivity index (χ4n) is 0.723. The van der Waals surface area contributed by atoms with E-state index in [2.05, 4.69) is 0 Å². The minimum atomic E-state index is -3.71. The highest BCUT2D eigenvalue weighted by molar-refractivity contribution is 7.48. The van der Waals surface area contributed by atoms with E-state index >= 15 is 0 Å². The molecule has 0 aliphatic heterocycles. The Labute approximate surface area is 110 Å². The minimum Gasteiger partial charge on any atom is -0.404 e.